The fraction of sp³-hybridized carbons (Fsp3) is 0.250. The van der Waals surface area contributed by atoms with Gasteiger partial charge in [-0.3, -0.25) is 4.79 Å². The predicted octanol–water partition coefficient (Wildman–Crippen LogP) is 4.40. The highest BCUT2D eigenvalue weighted by Crippen LogP contribution is 2.22. The molecule has 1 amide bonds. The molecule has 2 aromatic carbocycles. The van der Waals surface area contributed by atoms with Crippen molar-refractivity contribution in [2.45, 2.75) is 25.6 Å². The molecule has 0 atom stereocenters. The minimum absolute atomic E-state index is 0.129. The number of hydrogen-bond donors (Lipinski definition) is 1. The number of halogens is 1. The Labute approximate surface area is 173 Å². The molecule has 0 aliphatic rings. The van der Waals surface area contributed by atoms with E-state index in [0.717, 1.165) is 16.9 Å². The number of nitrogens with zero attached hydrogens (tertiary/aromatic N) is 3. The molecule has 3 rings (SSSR count). The van der Waals surface area contributed by atoms with Gasteiger partial charge in [0, 0.05) is 17.8 Å². The number of nitrogens with one attached hydrogen (secondary N) is 1. The number of rotatable bonds is 7. The number of thioether (sulfide) groups is 1. The lowest BCUT2D eigenvalue weighted by molar-refractivity contribution is -0.113. The second-order valence-electron chi connectivity index (χ2n) is 6.36. The van der Waals surface area contributed by atoms with E-state index in [0.29, 0.717) is 28.3 Å². The first-order valence-corrected chi connectivity index (χ1v) is 10.1. The van der Waals surface area contributed by atoms with E-state index in [9.17, 15) is 4.79 Å². The highest BCUT2D eigenvalue weighted by atomic mass is 35.5. The number of hydrogen-bond acceptors (Lipinski definition) is 5. The van der Waals surface area contributed by atoms with E-state index < -0.39 is 0 Å². The monoisotopic (exact) mass is 416 g/mol. The van der Waals surface area contributed by atoms with E-state index in [1.54, 1.807) is 12.1 Å². The molecule has 0 fully saturated rings. The Bertz CT molecular complexity index is 990. The number of benzene rings is 2. The van der Waals surface area contributed by atoms with Gasteiger partial charge in [-0.25, -0.2) is 0 Å². The predicted molar refractivity (Wildman–Crippen MR) is 112 cm³/mol. The number of ether oxygens (including phenoxy) is 1. The summed E-state index contributed by atoms with van der Waals surface area (Å²) in [6, 6.07) is 13.2. The van der Waals surface area contributed by atoms with Gasteiger partial charge in [0.05, 0.1) is 5.75 Å². The molecule has 0 saturated carbocycles. The van der Waals surface area contributed by atoms with Gasteiger partial charge in [-0.2, -0.15) is 0 Å². The second kappa shape index (κ2) is 9.12. The van der Waals surface area contributed by atoms with E-state index >= 15 is 0 Å². The van der Waals surface area contributed by atoms with E-state index in [2.05, 4.69) is 15.5 Å². The Morgan fingerprint density at radius 3 is 2.82 bits per heavy atom. The standard InChI is InChI=1S/C20H21ClN4O2S/c1-13-5-4-6-16(9-13)27-11-18-23-24-20(25(18)3)28-12-19(26)22-17-10-15(21)8-7-14(17)2/h4-10H,11-12H2,1-3H3,(H,22,26). The molecule has 1 aromatic heterocycles. The third-order valence-corrected chi connectivity index (χ3v) is 5.34. The van der Waals surface area contributed by atoms with Crippen LogP contribution in [0.2, 0.25) is 5.02 Å². The van der Waals surface area contributed by atoms with Crippen molar-refractivity contribution in [1.29, 1.82) is 0 Å². The first kappa shape index (κ1) is 20.2. The van der Waals surface area contributed by atoms with Crippen LogP contribution in [0.5, 0.6) is 5.75 Å². The van der Waals surface area contributed by atoms with Gasteiger partial charge in [0.15, 0.2) is 11.0 Å². The summed E-state index contributed by atoms with van der Waals surface area (Å²) < 4.78 is 7.60. The number of aryl methyl sites for hydroxylation is 2. The summed E-state index contributed by atoms with van der Waals surface area (Å²) in [5.41, 5.74) is 2.80. The zero-order valence-electron chi connectivity index (χ0n) is 15.9. The van der Waals surface area contributed by atoms with E-state index in [4.69, 9.17) is 16.3 Å². The fourth-order valence-electron chi connectivity index (χ4n) is 2.49. The molecule has 1 heterocycles. The Morgan fingerprint density at radius 1 is 1.21 bits per heavy atom. The second-order valence-corrected chi connectivity index (χ2v) is 7.74. The first-order chi connectivity index (χ1) is 13.4. The first-order valence-electron chi connectivity index (χ1n) is 8.69. The Balaban J connectivity index is 1.55. The Hall–Kier alpha value is -2.51. The van der Waals surface area contributed by atoms with Gasteiger partial charge in [-0.1, -0.05) is 41.6 Å². The molecule has 28 heavy (non-hydrogen) atoms. The molecule has 0 radical (unpaired) electrons. The summed E-state index contributed by atoms with van der Waals surface area (Å²) in [6.07, 6.45) is 0. The van der Waals surface area contributed by atoms with Crippen LogP contribution in [0.1, 0.15) is 17.0 Å². The van der Waals surface area contributed by atoms with Gasteiger partial charge in [-0.05, 0) is 49.2 Å². The summed E-state index contributed by atoms with van der Waals surface area (Å²) in [5.74, 6) is 1.57. The summed E-state index contributed by atoms with van der Waals surface area (Å²) in [5, 5.41) is 12.4. The average Bonchev–Trinajstić information content (AvgIpc) is 3.01. The van der Waals surface area contributed by atoms with Crippen LogP contribution in [0, 0.1) is 13.8 Å². The van der Waals surface area contributed by atoms with E-state index in [1.807, 2.05) is 55.8 Å². The van der Waals surface area contributed by atoms with Crippen LogP contribution in [0.4, 0.5) is 5.69 Å². The van der Waals surface area contributed by atoms with Gasteiger partial charge in [0.1, 0.15) is 12.4 Å². The molecular formula is C20H21ClN4O2S. The third kappa shape index (κ3) is 5.27. The molecule has 0 aliphatic carbocycles. The molecular weight excluding hydrogens is 396 g/mol. The van der Waals surface area contributed by atoms with Crippen molar-refractivity contribution in [3.8, 4) is 5.75 Å². The lowest BCUT2D eigenvalue weighted by Crippen LogP contribution is -2.15. The smallest absolute Gasteiger partial charge is 0.234 e. The summed E-state index contributed by atoms with van der Waals surface area (Å²) in [4.78, 5) is 12.3. The normalized spacial score (nSPS) is 10.7. The maximum atomic E-state index is 12.3. The molecule has 0 spiro atoms. The number of aromatic nitrogens is 3. The van der Waals surface area contributed by atoms with E-state index in [1.165, 1.54) is 11.8 Å². The molecule has 3 aromatic rings. The average molecular weight is 417 g/mol. The molecule has 0 aliphatic heterocycles. The number of anilines is 1. The number of carbonyl (C=O) groups is 1. The lowest BCUT2D eigenvalue weighted by Gasteiger charge is -2.09. The molecule has 0 saturated heterocycles. The quantitative estimate of drug-likeness (QED) is 0.578. The van der Waals surface area contributed by atoms with Gasteiger partial charge in [-0.15, -0.1) is 10.2 Å². The lowest BCUT2D eigenvalue weighted by atomic mass is 10.2. The van der Waals surface area contributed by atoms with Gasteiger partial charge in [0.25, 0.3) is 0 Å². The molecule has 0 unspecified atom stereocenters. The van der Waals surface area contributed by atoms with Crippen LogP contribution < -0.4 is 10.1 Å². The van der Waals surface area contributed by atoms with E-state index in [-0.39, 0.29) is 11.7 Å². The van der Waals surface area contributed by atoms with Crippen molar-refractivity contribution in [3.05, 3.63) is 64.4 Å². The minimum Gasteiger partial charge on any atom is -0.486 e. The molecule has 146 valence electrons. The van der Waals surface area contributed by atoms with Crippen molar-refractivity contribution >= 4 is 35.0 Å². The third-order valence-electron chi connectivity index (χ3n) is 4.09. The highest BCUT2D eigenvalue weighted by molar-refractivity contribution is 7.99. The molecule has 8 heteroatoms. The fourth-order valence-corrected chi connectivity index (χ4v) is 3.40. The Kier molecular flexibility index (Phi) is 6.59. The largest absolute Gasteiger partial charge is 0.486 e. The van der Waals surface area contributed by atoms with Crippen LogP contribution in [0.15, 0.2) is 47.6 Å². The maximum absolute atomic E-state index is 12.3. The Morgan fingerprint density at radius 2 is 2.04 bits per heavy atom. The maximum Gasteiger partial charge on any atom is 0.234 e. The highest BCUT2D eigenvalue weighted by Gasteiger charge is 2.13. The zero-order valence-corrected chi connectivity index (χ0v) is 17.5. The minimum atomic E-state index is -0.129. The SMILES string of the molecule is Cc1cccc(OCc2nnc(SCC(=O)Nc3cc(Cl)ccc3C)n2C)c1. The van der Waals surface area contributed by atoms with Crippen LogP contribution in [-0.2, 0) is 18.4 Å². The summed E-state index contributed by atoms with van der Waals surface area (Å²) in [6.45, 7) is 4.24. The van der Waals surface area contributed by atoms with Crippen LogP contribution in [0.3, 0.4) is 0 Å². The van der Waals surface area contributed by atoms with Crippen LogP contribution >= 0.6 is 23.4 Å². The number of amides is 1. The van der Waals surface area contributed by atoms with Crippen molar-refractivity contribution < 1.29 is 9.53 Å². The van der Waals surface area contributed by atoms with Crippen LogP contribution in [-0.4, -0.2) is 26.4 Å². The van der Waals surface area contributed by atoms with Crippen molar-refractivity contribution in [3.63, 3.8) is 0 Å². The van der Waals surface area contributed by atoms with Crippen molar-refractivity contribution in [2.75, 3.05) is 11.1 Å². The van der Waals surface area contributed by atoms with Crippen molar-refractivity contribution in [2.24, 2.45) is 7.05 Å². The molecule has 6 nitrogen and oxygen atoms in total. The van der Waals surface area contributed by atoms with Crippen LogP contribution in [0.25, 0.3) is 0 Å². The zero-order chi connectivity index (χ0) is 20.1. The number of carbonyl (C=O) groups excluding carboxylic acids is 1. The molecule has 0 bridgehead atoms. The topological polar surface area (TPSA) is 69.0 Å². The van der Waals surface area contributed by atoms with Gasteiger partial charge < -0.3 is 14.6 Å². The van der Waals surface area contributed by atoms with Gasteiger partial charge >= 0.3 is 0 Å². The summed E-state index contributed by atoms with van der Waals surface area (Å²) >= 11 is 7.31. The summed E-state index contributed by atoms with van der Waals surface area (Å²) in [7, 11) is 1.86. The van der Waals surface area contributed by atoms with Gasteiger partial charge in [0.2, 0.25) is 5.91 Å². The van der Waals surface area contributed by atoms with Crippen molar-refractivity contribution in [1.82, 2.24) is 14.8 Å². The molecule has 1 N–H and O–H groups in total.